The highest BCUT2D eigenvalue weighted by molar-refractivity contribution is 5.55. The molecule has 0 aliphatic rings. The van der Waals surface area contributed by atoms with Crippen molar-refractivity contribution in [3.05, 3.63) is 29.8 Å². The molecule has 2 atom stereocenters. The van der Waals surface area contributed by atoms with Crippen LogP contribution in [0.5, 0.6) is 11.5 Å². The maximum atomic E-state index is 9.93. The van der Waals surface area contributed by atoms with E-state index in [-0.39, 0.29) is 19.3 Å². The Hall–Kier alpha value is -1.56. The van der Waals surface area contributed by atoms with Crippen LogP contribution in [-0.2, 0) is 0 Å². The second-order valence-corrected chi connectivity index (χ2v) is 5.07. The van der Waals surface area contributed by atoms with E-state index >= 15 is 0 Å². The minimum atomic E-state index is -0.652. The number of rotatable bonds is 10. The molecule has 1 aromatic carbocycles. The Labute approximate surface area is 132 Å². The molecular formula is C17H27NO4. The van der Waals surface area contributed by atoms with Crippen molar-refractivity contribution < 1.29 is 19.7 Å². The standard InChI is InChI=1S/C17H27NO4/c1-4-6-13-7-8-16(17(9-13)21-3)22-12-15(20)10-18-14(5-2)11-19/h4,6-9,14-15,18-20H,5,10-12H2,1-3H3. The molecule has 0 aromatic heterocycles. The lowest BCUT2D eigenvalue weighted by Gasteiger charge is -2.18. The number of hydrogen-bond acceptors (Lipinski definition) is 5. The Morgan fingerprint density at radius 3 is 2.68 bits per heavy atom. The SMILES string of the molecule is CC=Cc1ccc(OCC(O)CNC(CC)CO)c(OC)c1. The molecular weight excluding hydrogens is 282 g/mol. The van der Waals surface area contributed by atoms with Crippen molar-refractivity contribution in [2.45, 2.75) is 32.4 Å². The fourth-order valence-corrected chi connectivity index (χ4v) is 1.99. The van der Waals surface area contributed by atoms with Crippen molar-refractivity contribution in [2.24, 2.45) is 0 Å². The summed E-state index contributed by atoms with van der Waals surface area (Å²) in [6.07, 6.45) is 4.09. The maximum absolute atomic E-state index is 9.93. The molecule has 0 radical (unpaired) electrons. The molecule has 22 heavy (non-hydrogen) atoms. The first-order valence-electron chi connectivity index (χ1n) is 7.60. The number of nitrogens with one attached hydrogen (secondary N) is 1. The normalized spacial score (nSPS) is 14.0. The molecule has 0 spiro atoms. The van der Waals surface area contributed by atoms with Gasteiger partial charge in [-0.05, 0) is 31.0 Å². The van der Waals surface area contributed by atoms with Gasteiger partial charge in [0.2, 0.25) is 0 Å². The average Bonchev–Trinajstić information content (AvgIpc) is 2.54. The van der Waals surface area contributed by atoms with E-state index in [2.05, 4.69) is 5.32 Å². The van der Waals surface area contributed by atoms with Gasteiger partial charge in [0.1, 0.15) is 12.7 Å². The van der Waals surface area contributed by atoms with Crippen LogP contribution in [0.25, 0.3) is 6.08 Å². The van der Waals surface area contributed by atoms with Gasteiger partial charge in [0.15, 0.2) is 11.5 Å². The summed E-state index contributed by atoms with van der Waals surface area (Å²) in [5, 5.41) is 22.1. The zero-order valence-electron chi connectivity index (χ0n) is 13.6. The van der Waals surface area contributed by atoms with Gasteiger partial charge in [-0.25, -0.2) is 0 Å². The Morgan fingerprint density at radius 1 is 1.32 bits per heavy atom. The maximum Gasteiger partial charge on any atom is 0.161 e. The third kappa shape index (κ3) is 6.05. The van der Waals surface area contributed by atoms with Crippen molar-refractivity contribution in [1.82, 2.24) is 5.32 Å². The third-order valence-corrected chi connectivity index (χ3v) is 3.33. The van der Waals surface area contributed by atoms with Gasteiger partial charge in [-0.1, -0.05) is 25.1 Å². The molecule has 3 N–H and O–H groups in total. The van der Waals surface area contributed by atoms with Crippen LogP contribution in [0, 0.1) is 0 Å². The number of ether oxygens (including phenoxy) is 2. The summed E-state index contributed by atoms with van der Waals surface area (Å²) in [4.78, 5) is 0. The number of aliphatic hydroxyl groups excluding tert-OH is 2. The van der Waals surface area contributed by atoms with Crippen LogP contribution >= 0.6 is 0 Å². The predicted octanol–water partition coefficient (Wildman–Crippen LogP) is 1.83. The van der Waals surface area contributed by atoms with Gasteiger partial charge in [0, 0.05) is 12.6 Å². The topological polar surface area (TPSA) is 71.0 Å². The second kappa shape index (κ2) is 10.2. The molecule has 0 saturated carbocycles. The summed E-state index contributed by atoms with van der Waals surface area (Å²) in [6, 6.07) is 5.65. The summed E-state index contributed by atoms with van der Waals surface area (Å²) in [6.45, 7) is 4.53. The molecule has 0 bridgehead atoms. The average molecular weight is 309 g/mol. The highest BCUT2D eigenvalue weighted by Gasteiger charge is 2.11. The third-order valence-electron chi connectivity index (χ3n) is 3.33. The zero-order chi connectivity index (χ0) is 16.4. The lowest BCUT2D eigenvalue weighted by molar-refractivity contribution is 0.0980. The minimum Gasteiger partial charge on any atom is -0.493 e. The van der Waals surface area contributed by atoms with E-state index in [1.54, 1.807) is 7.11 Å². The molecule has 0 amide bonds. The summed E-state index contributed by atoms with van der Waals surface area (Å²) in [7, 11) is 1.59. The summed E-state index contributed by atoms with van der Waals surface area (Å²) >= 11 is 0. The number of benzene rings is 1. The van der Waals surface area contributed by atoms with E-state index in [1.165, 1.54) is 0 Å². The van der Waals surface area contributed by atoms with E-state index in [1.807, 2.05) is 44.2 Å². The Morgan fingerprint density at radius 2 is 2.09 bits per heavy atom. The van der Waals surface area contributed by atoms with E-state index in [0.29, 0.717) is 18.0 Å². The summed E-state index contributed by atoms with van der Waals surface area (Å²) < 4.78 is 10.9. The number of aliphatic hydroxyl groups is 2. The van der Waals surface area contributed by atoms with Crippen LogP contribution in [0.1, 0.15) is 25.8 Å². The van der Waals surface area contributed by atoms with Crippen molar-refractivity contribution in [1.29, 1.82) is 0 Å². The Kier molecular flexibility index (Phi) is 8.58. The van der Waals surface area contributed by atoms with Crippen molar-refractivity contribution >= 4 is 6.08 Å². The number of hydrogen-bond donors (Lipinski definition) is 3. The van der Waals surface area contributed by atoms with Crippen LogP contribution in [0.2, 0.25) is 0 Å². The van der Waals surface area contributed by atoms with E-state index in [9.17, 15) is 5.11 Å². The lowest BCUT2D eigenvalue weighted by Crippen LogP contribution is -2.39. The van der Waals surface area contributed by atoms with Gasteiger partial charge in [-0.3, -0.25) is 0 Å². The summed E-state index contributed by atoms with van der Waals surface area (Å²) in [5.41, 5.74) is 1.03. The molecule has 5 heteroatoms. The molecule has 5 nitrogen and oxygen atoms in total. The lowest BCUT2D eigenvalue weighted by atomic mass is 10.2. The first-order chi connectivity index (χ1) is 10.6. The fraction of sp³-hybridized carbons (Fsp3) is 0.529. The first kappa shape index (κ1) is 18.5. The molecule has 0 saturated heterocycles. The number of allylic oxidation sites excluding steroid dienone is 1. The number of methoxy groups -OCH3 is 1. The van der Waals surface area contributed by atoms with Crippen LogP contribution in [-0.4, -0.2) is 49.2 Å². The molecule has 2 unspecified atom stereocenters. The molecule has 124 valence electrons. The van der Waals surface area contributed by atoms with Crippen molar-refractivity contribution in [2.75, 3.05) is 26.9 Å². The van der Waals surface area contributed by atoms with Crippen LogP contribution < -0.4 is 14.8 Å². The van der Waals surface area contributed by atoms with Gasteiger partial charge in [-0.2, -0.15) is 0 Å². The van der Waals surface area contributed by atoms with Crippen LogP contribution in [0.3, 0.4) is 0 Å². The second-order valence-electron chi connectivity index (χ2n) is 5.07. The first-order valence-corrected chi connectivity index (χ1v) is 7.60. The van der Waals surface area contributed by atoms with E-state index in [0.717, 1.165) is 12.0 Å². The molecule has 1 rings (SSSR count). The largest absolute Gasteiger partial charge is 0.493 e. The highest BCUT2D eigenvalue weighted by Crippen LogP contribution is 2.28. The van der Waals surface area contributed by atoms with Gasteiger partial charge < -0.3 is 25.0 Å². The monoisotopic (exact) mass is 309 g/mol. The minimum absolute atomic E-state index is 0.00398. The van der Waals surface area contributed by atoms with Gasteiger partial charge in [0.25, 0.3) is 0 Å². The van der Waals surface area contributed by atoms with Crippen molar-refractivity contribution in [3.63, 3.8) is 0 Å². The van der Waals surface area contributed by atoms with Gasteiger partial charge >= 0.3 is 0 Å². The summed E-state index contributed by atoms with van der Waals surface area (Å²) in [5.74, 6) is 1.24. The van der Waals surface area contributed by atoms with Crippen LogP contribution in [0.15, 0.2) is 24.3 Å². The Bertz CT molecular complexity index is 458. The van der Waals surface area contributed by atoms with E-state index in [4.69, 9.17) is 14.6 Å². The van der Waals surface area contributed by atoms with Crippen LogP contribution in [0.4, 0.5) is 0 Å². The van der Waals surface area contributed by atoms with Crippen molar-refractivity contribution in [3.8, 4) is 11.5 Å². The molecule has 0 aliphatic carbocycles. The predicted molar refractivity (Wildman–Crippen MR) is 88.4 cm³/mol. The zero-order valence-corrected chi connectivity index (χ0v) is 13.6. The van der Waals surface area contributed by atoms with E-state index < -0.39 is 6.10 Å². The van der Waals surface area contributed by atoms with Gasteiger partial charge in [0.05, 0.1) is 13.7 Å². The fourth-order valence-electron chi connectivity index (χ4n) is 1.99. The molecule has 0 aliphatic heterocycles. The molecule has 1 aromatic rings. The quantitative estimate of drug-likeness (QED) is 0.615. The Balaban J connectivity index is 2.52. The smallest absolute Gasteiger partial charge is 0.161 e. The van der Waals surface area contributed by atoms with Gasteiger partial charge in [-0.15, -0.1) is 0 Å². The highest BCUT2D eigenvalue weighted by atomic mass is 16.5. The molecule has 0 heterocycles. The molecule has 0 fully saturated rings.